The molecule has 0 saturated carbocycles. The Morgan fingerprint density at radius 1 is 1.10 bits per heavy atom. The second-order valence-electron chi connectivity index (χ2n) is 5.14. The minimum Gasteiger partial charge on any atom is -0.489 e. The number of hydrogen-bond donors (Lipinski definition) is 1. The van der Waals surface area contributed by atoms with Crippen molar-refractivity contribution in [1.82, 2.24) is 0 Å². The minimum absolute atomic E-state index is 0.396. The van der Waals surface area contributed by atoms with Crippen LogP contribution in [0.3, 0.4) is 0 Å². The Bertz CT molecular complexity index is 651. The summed E-state index contributed by atoms with van der Waals surface area (Å²) in [7, 11) is 0. The van der Waals surface area contributed by atoms with E-state index in [0.717, 1.165) is 11.3 Å². The summed E-state index contributed by atoms with van der Waals surface area (Å²) in [4.78, 5) is 0.396. The van der Waals surface area contributed by atoms with Crippen molar-refractivity contribution in [3.63, 3.8) is 0 Å². The van der Waals surface area contributed by atoms with Crippen LogP contribution in [0.5, 0.6) is 5.75 Å². The first-order chi connectivity index (χ1) is 9.72. The van der Waals surface area contributed by atoms with Crippen molar-refractivity contribution < 1.29 is 4.74 Å². The topological polar surface area (TPSA) is 35.2 Å². The Balaban J connectivity index is 1.70. The van der Waals surface area contributed by atoms with Gasteiger partial charge in [0.15, 0.2) is 0 Å². The fraction of sp³-hybridized carbons (Fsp3) is 0.235. The molecule has 2 nitrogen and oxygen atoms in total. The average molecular weight is 283 g/mol. The largest absolute Gasteiger partial charge is 0.489 e. The zero-order valence-corrected chi connectivity index (χ0v) is 12.1. The summed E-state index contributed by atoms with van der Waals surface area (Å²) in [5.74, 6) is 0.802. The maximum absolute atomic E-state index is 5.83. The molecule has 1 aliphatic carbocycles. The van der Waals surface area contributed by atoms with Gasteiger partial charge in [-0.1, -0.05) is 42.5 Å². The van der Waals surface area contributed by atoms with E-state index in [0.29, 0.717) is 11.6 Å². The van der Waals surface area contributed by atoms with Gasteiger partial charge >= 0.3 is 0 Å². The molecular weight excluding hydrogens is 266 g/mol. The lowest BCUT2D eigenvalue weighted by Crippen LogP contribution is -2.09. The molecule has 1 aliphatic rings. The first-order valence-electron chi connectivity index (χ1n) is 6.86. The molecule has 0 fully saturated rings. The highest BCUT2D eigenvalue weighted by Crippen LogP contribution is 2.23. The third kappa shape index (κ3) is 2.83. The highest BCUT2D eigenvalue weighted by molar-refractivity contribution is 7.80. The molecule has 3 heteroatoms. The van der Waals surface area contributed by atoms with E-state index in [4.69, 9.17) is 22.7 Å². The third-order valence-corrected chi connectivity index (χ3v) is 3.92. The number of fused-ring (bicyclic) bond motifs is 1. The van der Waals surface area contributed by atoms with Crippen molar-refractivity contribution in [1.29, 1.82) is 0 Å². The van der Waals surface area contributed by atoms with Gasteiger partial charge < -0.3 is 10.5 Å². The molecule has 0 spiro atoms. The van der Waals surface area contributed by atoms with Gasteiger partial charge in [-0.15, -0.1) is 0 Å². The van der Waals surface area contributed by atoms with Crippen molar-refractivity contribution in [2.24, 2.45) is 5.73 Å². The van der Waals surface area contributed by atoms with Gasteiger partial charge in [-0.3, -0.25) is 0 Å². The molecule has 2 aromatic rings. The van der Waals surface area contributed by atoms with Crippen molar-refractivity contribution in [2.75, 3.05) is 0 Å². The summed E-state index contributed by atoms with van der Waals surface area (Å²) in [5.41, 5.74) is 10.6. The molecule has 0 radical (unpaired) electrons. The number of hydrogen-bond acceptors (Lipinski definition) is 2. The van der Waals surface area contributed by atoms with Gasteiger partial charge in [0.2, 0.25) is 0 Å². The van der Waals surface area contributed by atoms with Gasteiger partial charge in [0, 0.05) is 5.56 Å². The zero-order valence-electron chi connectivity index (χ0n) is 11.3. The van der Waals surface area contributed by atoms with E-state index in [1.807, 2.05) is 24.3 Å². The van der Waals surface area contributed by atoms with E-state index in [1.165, 1.54) is 36.0 Å². The Morgan fingerprint density at radius 3 is 2.80 bits per heavy atom. The minimum atomic E-state index is 0.396. The van der Waals surface area contributed by atoms with Crippen molar-refractivity contribution in [3.05, 3.63) is 64.7 Å². The molecule has 0 atom stereocenters. The highest BCUT2D eigenvalue weighted by Gasteiger charge is 2.10. The van der Waals surface area contributed by atoms with Gasteiger partial charge in [-0.25, -0.2) is 0 Å². The lowest BCUT2D eigenvalue weighted by atomic mass is 10.1. The van der Waals surface area contributed by atoms with Crippen molar-refractivity contribution >= 4 is 17.2 Å². The third-order valence-electron chi connectivity index (χ3n) is 3.69. The van der Waals surface area contributed by atoms with Crippen LogP contribution in [0.4, 0.5) is 0 Å². The SMILES string of the molecule is NC(=S)c1cccc(OCc2ccc3c(c2)CCC3)c1. The molecule has 2 aromatic carbocycles. The van der Waals surface area contributed by atoms with E-state index >= 15 is 0 Å². The summed E-state index contributed by atoms with van der Waals surface area (Å²) in [6, 6.07) is 14.3. The van der Waals surface area contributed by atoms with Crippen LogP contribution in [0.25, 0.3) is 0 Å². The van der Waals surface area contributed by atoms with Crippen molar-refractivity contribution in [3.8, 4) is 5.75 Å². The van der Waals surface area contributed by atoms with Gasteiger partial charge in [0.05, 0.1) is 0 Å². The second-order valence-corrected chi connectivity index (χ2v) is 5.58. The van der Waals surface area contributed by atoms with Gasteiger partial charge in [0.25, 0.3) is 0 Å². The molecule has 0 unspecified atom stereocenters. The van der Waals surface area contributed by atoms with Crippen LogP contribution in [0.1, 0.15) is 28.7 Å². The fourth-order valence-electron chi connectivity index (χ4n) is 2.62. The van der Waals surface area contributed by atoms with Crippen LogP contribution in [0.15, 0.2) is 42.5 Å². The Hall–Kier alpha value is -1.87. The first kappa shape index (κ1) is 13.1. The van der Waals surface area contributed by atoms with Crippen LogP contribution in [0.2, 0.25) is 0 Å². The first-order valence-corrected chi connectivity index (χ1v) is 7.26. The second kappa shape index (κ2) is 5.63. The summed E-state index contributed by atoms with van der Waals surface area (Å²) in [6.45, 7) is 0.577. The average Bonchev–Trinajstić information content (AvgIpc) is 2.93. The lowest BCUT2D eigenvalue weighted by Gasteiger charge is -2.09. The Labute approximate surface area is 124 Å². The van der Waals surface area contributed by atoms with Crippen LogP contribution < -0.4 is 10.5 Å². The van der Waals surface area contributed by atoms with E-state index in [9.17, 15) is 0 Å². The number of ether oxygens (including phenoxy) is 1. The van der Waals surface area contributed by atoms with Crippen LogP contribution in [-0.4, -0.2) is 4.99 Å². The Kier molecular flexibility index (Phi) is 3.70. The summed E-state index contributed by atoms with van der Waals surface area (Å²) in [6.07, 6.45) is 3.68. The highest BCUT2D eigenvalue weighted by atomic mass is 32.1. The fourth-order valence-corrected chi connectivity index (χ4v) is 2.75. The normalized spacial score (nSPS) is 13.0. The molecule has 2 N–H and O–H groups in total. The molecule has 0 saturated heterocycles. The monoisotopic (exact) mass is 283 g/mol. The number of aryl methyl sites for hydroxylation is 2. The van der Waals surface area contributed by atoms with Crippen molar-refractivity contribution in [2.45, 2.75) is 25.9 Å². The van der Waals surface area contributed by atoms with Gasteiger partial charge in [-0.2, -0.15) is 0 Å². The molecule has 3 rings (SSSR count). The predicted molar refractivity (Wildman–Crippen MR) is 85.1 cm³/mol. The van der Waals surface area contributed by atoms with Crippen LogP contribution in [0, 0.1) is 0 Å². The molecule has 102 valence electrons. The Morgan fingerprint density at radius 2 is 1.95 bits per heavy atom. The molecule has 0 bridgehead atoms. The summed E-state index contributed by atoms with van der Waals surface area (Å²) < 4.78 is 5.83. The number of rotatable bonds is 4. The maximum atomic E-state index is 5.83. The smallest absolute Gasteiger partial charge is 0.120 e. The summed E-state index contributed by atoms with van der Waals surface area (Å²) >= 11 is 4.98. The van der Waals surface area contributed by atoms with Crippen LogP contribution in [-0.2, 0) is 19.4 Å². The summed E-state index contributed by atoms with van der Waals surface area (Å²) in [5, 5.41) is 0. The van der Waals surface area contributed by atoms with E-state index < -0.39 is 0 Å². The van der Waals surface area contributed by atoms with E-state index in [-0.39, 0.29) is 0 Å². The lowest BCUT2D eigenvalue weighted by molar-refractivity contribution is 0.306. The molecule has 20 heavy (non-hydrogen) atoms. The quantitative estimate of drug-likeness (QED) is 0.874. The molecular formula is C17H17NOS. The van der Waals surface area contributed by atoms with Crippen LogP contribution >= 0.6 is 12.2 Å². The number of benzene rings is 2. The molecule has 0 aliphatic heterocycles. The zero-order chi connectivity index (χ0) is 13.9. The number of nitrogens with two attached hydrogens (primary N) is 1. The number of thiocarbonyl (C=S) groups is 1. The molecule has 0 aromatic heterocycles. The molecule has 0 heterocycles. The maximum Gasteiger partial charge on any atom is 0.120 e. The van der Waals surface area contributed by atoms with E-state index in [1.54, 1.807) is 0 Å². The predicted octanol–water partition coefficient (Wildman–Crippen LogP) is 3.39. The van der Waals surface area contributed by atoms with Gasteiger partial charge in [-0.05, 0) is 48.1 Å². The molecule has 0 amide bonds. The van der Waals surface area contributed by atoms with Gasteiger partial charge in [0.1, 0.15) is 17.3 Å². The van der Waals surface area contributed by atoms with E-state index in [2.05, 4.69) is 18.2 Å². The standard InChI is InChI=1S/C17H17NOS/c18-17(20)15-5-2-6-16(10-15)19-11-12-7-8-13-3-1-4-14(13)9-12/h2,5-10H,1,3-4,11H2,(H2,18,20).